The molecule has 1 heterocycles. The van der Waals surface area contributed by atoms with Crippen LogP contribution in [0.3, 0.4) is 0 Å². The van der Waals surface area contributed by atoms with Crippen LogP contribution in [-0.4, -0.2) is 16.0 Å². The lowest BCUT2D eigenvalue weighted by Crippen LogP contribution is -2.34. The summed E-state index contributed by atoms with van der Waals surface area (Å²) in [5.41, 5.74) is 1.24. The minimum Gasteiger partial charge on any atom is -0.508 e. The summed E-state index contributed by atoms with van der Waals surface area (Å²) < 4.78 is 5.35. The lowest BCUT2D eigenvalue weighted by Gasteiger charge is -2.23. The van der Waals surface area contributed by atoms with Crippen molar-refractivity contribution in [1.82, 2.24) is 4.90 Å². The number of carbonyl (C=O) groups is 1. The first-order valence-electron chi connectivity index (χ1n) is 7.72. The standard InChI is InChI=1S/C19H17ClN2O3/c20-15-6-3-7-16(11-15)21-19(24)22(13-17-8-4-10-25-17)12-14-5-1-2-9-18(14)23/h1-11,23H,12-13H2,(H,21,24). The molecule has 3 rings (SSSR count). The van der Waals surface area contributed by atoms with E-state index < -0.39 is 0 Å². The van der Waals surface area contributed by atoms with E-state index in [1.165, 1.54) is 0 Å². The highest BCUT2D eigenvalue weighted by molar-refractivity contribution is 6.30. The van der Waals surface area contributed by atoms with Crippen LogP contribution >= 0.6 is 11.6 Å². The number of urea groups is 1. The van der Waals surface area contributed by atoms with Crippen LogP contribution in [0.1, 0.15) is 11.3 Å². The molecule has 0 radical (unpaired) electrons. The summed E-state index contributed by atoms with van der Waals surface area (Å²) in [5, 5.41) is 13.3. The highest BCUT2D eigenvalue weighted by Gasteiger charge is 2.17. The summed E-state index contributed by atoms with van der Waals surface area (Å²) in [7, 11) is 0. The van der Waals surface area contributed by atoms with E-state index in [0.717, 1.165) is 0 Å². The van der Waals surface area contributed by atoms with E-state index in [1.54, 1.807) is 65.8 Å². The zero-order valence-electron chi connectivity index (χ0n) is 13.4. The van der Waals surface area contributed by atoms with Gasteiger partial charge in [0, 0.05) is 16.3 Å². The summed E-state index contributed by atoms with van der Waals surface area (Å²) in [6, 6.07) is 17.1. The van der Waals surface area contributed by atoms with Crippen molar-refractivity contribution in [2.45, 2.75) is 13.1 Å². The van der Waals surface area contributed by atoms with Crippen LogP contribution in [0.5, 0.6) is 5.75 Å². The molecule has 0 spiro atoms. The molecule has 0 aliphatic heterocycles. The van der Waals surface area contributed by atoms with Gasteiger partial charge < -0.3 is 19.7 Å². The van der Waals surface area contributed by atoms with E-state index >= 15 is 0 Å². The third kappa shape index (κ3) is 4.55. The van der Waals surface area contributed by atoms with Gasteiger partial charge in [-0.05, 0) is 36.4 Å². The smallest absolute Gasteiger partial charge is 0.322 e. The van der Waals surface area contributed by atoms with Gasteiger partial charge in [0.25, 0.3) is 0 Å². The first kappa shape index (κ1) is 16.9. The lowest BCUT2D eigenvalue weighted by molar-refractivity contribution is 0.200. The van der Waals surface area contributed by atoms with Gasteiger partial charge in [0.05, 0.1) is 19.4 Å². The van der Waals surface area contributed by atoms with Crippen molar-refractivity contribution < 1.29 is 14.3 Å². The molecule has 6 heteroatoms. The van der Waals surface area contributed by atoms with Crippen molar-refractivity contribution in [2.24, 2.45) is 0 Å². The topological polar surface area (TPSA) is 65.7 Å². The first-order chi connectivity index (χ1) is 12.1. The summed E-state index contributed by atoms with van der Waals surface area (Å²) in [6.07, 6.45) is 1.56. The fourth-order valence-corrected chi connectivity index (χ4v) is 2.60. The molecule has 5 nitrogen and oxygen atoms in total. The van der Waals surface area contributed by atoms with Gasteiger partial charge in [0.15, 0.2) is 0 Å². The molecule has 128 valence electrons. The number of carbonyl (C=O) groups excluding carboxylic acids is 1. The average Bonchev–Trinajstić information content (AvgIpc) is 3.09. The number of benzene rings is 2. The van der Waals surface area contributed by atoms with Gasteiger partial charge in [-0.15, -0.1) is 0 Å². The van der Waals surface area contributed by atoms with Crippen molar-refractivity contribution in [3.05, 3.63) is 83.3 Å². The van der Waals surface area contributed by atoms with Crippen LogP contribution in [0.4, 0.5) is 10.5 Å². The Kier molecular flexibility index (Phi) is 5.26. The second kappa shape index (κ2) is 7.77. The van der Waals surface area contributed by atoms with Crippen molar-refractivity contribution in [2.75, 3.05) is 5.32 Å². The number of hydrogen-bond donors (Lipinski definition) is 2. The van der Waals surface area contributed by atoms with Gasteiger partial charge in [0.2, 0.25) is 0 Å². The van der Waals surface area contributed by atoms with E-state index in [9.17, 15) is 9.90 Å². The van der Waals surface area contributed by atoms with E-state index in [-0.39, 0.29) is 24.9 Å². The Balaban J connectivity index is 1.79. The van der Waals surface area contributed by atoms with Crippen LogP contribution in [0, 0.1) is 0 Å². The Morgan fingerprint density at radius 2 is 1.92 bits per heavy atom. The normalized spacial score (nSPS) is 10.4. The maximum atomic E-state index is 12.7. The average molecular weight is 357 g/mol. The molecule has 2 aromatic carbocycles. The number of para-hydroxylation sites is 1. The predicted octanol–water partition coefficient (Wildman–Crippen LogP) is 4.87. The molecule has 0 saturated carbocycles. The monoisotopic (exact) mass is 356 g/mol. The highest BCUT2D eigenvalue weighted by atomic mass is 35.5. The summed E-state index contributed by atoms with van der Waals surface area (Å²) in [4.78, 5) is 14.3. The summed E-state index contributed by atoms with van der Waals surface area (Å²) in [5.74, 6) is 0.791. The van der Waals surface area contributed by atoms with E-state index in [2.05, 4.69) is 5.32 Å². The second-order valence-electron chi connectivity index (χ2n) is 5.50. The maximum absolute atomic E-state index is 12.7. The molecule has 0 aliphatic carbocycles. The number of amides is 2. The minimum atomic E-state index is -0.318. The molecule has 0 aliphatic rings. The van der Waals surface area contributed by atoms with Crippen molar-refractivity contribution in [3.63, 3.8) is 0 Å². The Hall–Kier alpha value is -2.92. The number of halogens is 1. The first-order valence-corrected chi connectivity index (χ1v) is 8.10. The fourth-order valence-electron chi connectivity index (χ4n) is 2.41. The van der Waals surface area contributed by atoms with Gasteiger partial charge >= 0.3 is 6.03 Å². The molecule has 2 N–H and O–H groups in total. The SMILES string of the molecule is O=C(Nc1cccc(Cl)c1)N(Cc1ccco1)Cc1ccccc1O. The van der Waals surface area contributed by atoms with Crippen LogP contribution in [0.15, 0.2) is 71.3 Å². The molecule has 1 aromatic heterocycles. The Morgan fingerprint density at radius 1 is 1.08 bits per heavy atom. The Labute approximate surface area is 150 Å². The molecule has 0 saturated heterocycles. The molecule has 0 unspecified atom stereocenters. The number of phenols is 1. The third-order valence-electron chi connectivity index (χ3n) is 3.64. The zero-order chi connectivity index (χ0) is 17.6. The number of phenolic OH excluding ortho intramolecular Hbond substituents is 1. The molecule has 0 bridgehead atoms. The third-order valence-corrected chi connectivity index (χ3v) is 3.88. The van der Waals surface area contributed by atoms with E-state index in [0.29, 0.717) is 22.0 Å². The maximum Gasteiger partial charge on any atom is 0.322 e. The number of aromatic hydroxyl groups is 1. The molecule has 2 amide bonds. The van der Waals surface area contributed by atoms with Crippen LogP contribution in [0.25, 0.3) is 0 Å². The molecule has 0 fully saturated rings. The van der Waals surface area contributed by atoms with Crippen LogP contribution in [-0.2, 0) is 13.1 Å². The number of rotatable bonds is 5. The number of anilines is 1. The van der Waals surface area contributed by atoms with Crippen LogP contribution < -0.4 is 5.32 Å². The van der Waals surface area contributed by atoms with Gasteiger partial charge in [-0.25, -0.2) is 4.79 Å². The van der Waals surface area contributed by atoms with Gasteiger partial charge in [-0.2, -0.15) is 0 Å². The molecule has 25 heavy (non-hydrogen) atoms. The van der Waals surface area contributed by atoms with Crippen molar-refractivity contribution >= 4 is 23.3 Å². The molecular formula is C19H17ClN2O3. The van der Waals surface area contributed by atoms with Crippen molar-refractivity contribution in [3.8, 4) is 5.75 Å². The number of nitrogens with one attached hydrogen (secondary N) is 1. The van der Waals surface area contributed by atoms with Crippen LogP contribution in [0.2, 0.25) is 5.02 Å². The summed E-state index contributed by atoms with van der Waals surface area (Å²) in [6.45, 7) is 0.507. The number of nitrogens with zero attached hydrogens (tertiary/aromatic N) is 1. The Morgan fingerprint density at radius 3 is 2.64 bits per heavy atom. The summed E-state index contributed by atoms with van der Waals surface area (Å²) >= 11 is 5.96. The quantitative estimate of drug-likeness (QED) is 0.685. The zero-order valence-corrected chi connectivity index (χ0v) is 14.1. The fraction of sp³-hybridized carbons (Fsp3) is 0.105. The second-order valence-corrected chi connectivity index (χ2v) is 5.94. The predicted molar refractivity (Wildman–Crippen MR) is 96.5 cm³/mol. The molecule has 0 atom stereocenters. The highest BCUT2D eigenvalue weighted by Crippen LogP contribution is 2.21. The molecular weight excluding hydrogens is 340 g/mol. The minimum absolute atomic E-state index is 0.141. The van der Waals surface area contributed by atoms with Gasteiger partial charge in [-0.3, -0.25) is 0 Å². The van der Waals surface area contributed by atoms with E-state index in [1.807, 2.05) is 6.07 Å². The van der Waals surface area contributed by atoms with Crippen molar-refractivity contribution in [1.29, 1.82) is 0 Å². The van der Waals surface area contributed by atoms with Gasteiger partial charge in [-0.1, -0.05) is 35.9 Å². The number of hydrogen-bond acceptors (Lipinski definition) is 3. The molecule has 3 aromatic rings. The lowest BCUT2D eigenvalue weighted by atomic mass is 10.2. The van der Waals surface area contributed by atoms with Gasteiger partial charge in [0.1, 0.15) is 11.5 Å². The number of furan rings is 1. The largest absolute Gasteiger partial charge is 0.508 e. The Bertz CT molecular complexity index is 849. The van der Waals surface area contributed by atoms with E-state index in [4.69, 9.17) is 16.0 Å².